The third-order valence-electron chi connectivity index (χ3n) is 4.16. The SMILES string of the molecule is Nc1nc(OCCc2ccc([N+](=O)[O-])cc2)c2[nH]c(-c3ccccc3)nc2n1. The molecule has 9 heteroatoms. The van der Waals surface area contributed by atoms with Crippen molar-refractivity contribution >= 4 is 22.8 Å². The van der Waals surface area contributed by atoms with Crippen molar-refractivity contribution in [3.05, 3.63) is 70.3 Å². The van der Waals surface area contributed by atoms with Crippen molar-refractivity contribution in [2.75, 3.05) is 12.3 Å². The zero-order valence-corrected chi connectivity index (χ0v) is 14.7. The fourth-order valence-electron chi connectivity index (χ4n) is 2.77. The number of benzene rings is 2. The third-order valence-corrected chi connectivity index (χ3v) is 4.16. The van der Waals surface area contributed by atoms with Gasteiger partial charge in [-0.15, -0.1) is 0 Å². The van der Waals surface area contributed by atoms with E-state index in [1.807, 2.05) is 30.3 Å². The molecule has 0 radical (unpaired) electrons. The molecule has 0 aliphatic carbocycles. The summed E-state index contributed by atoms with van der Waals surface area (Å²) in [5.41, 5.74) is 8.66. The third kappa shape index (κ3) is 3.58. The summed E-state index contributed by atoms with van der Waals surface area (Å²) in [4.78, 5) is 26.3. The van der Waals surface area contributed by atoms with E-state index in [1.165, 1.54) is 12.1 Å². The average Bonchev–Trinajstić information content (AvgIpc) is 3.13. The number of nitro groups is 1. The predicted octanol–water partition coefficient (Wildman–Crippen LogP) is 3.13. The highest BCUT2D eigenvalue weighted by Gasteiger charge is 2.14. The zero-order chi connectivity index (χ0) is 19.5. The number of aromatic nitrogens is 4. The van der Waals surface area contributed by atoms with Gasteiger partial charge in [0.2, 0.25) is 11.8 Å². The highest BCUT2D eigenvalue weighted by Crippen LogP contribution is 2.25. The molecule has 0 saturated carbocycles. The number of nitrogens with one attached hydrogen (secondary N) is 1. The van der Waals surface area contributed by atoms with E-state index in [-0.39, 0.29) is 11.6 Å². The fraction of sp³-hybridized carbons (Fsp3) is 0.105. The van der Waals surface area contributed by atoms with Crippen molar-refractivity contribution < 1.29 is 9.66 Å². The minimum atomic E-state index is -0.427. The summed E-state index contributed by atoms with van der Waals surface area (Å²) in [7, 11) is 0. The summed E-state index contributed by atoms with van der Waals surface area (Å²) in [5.74, 6) is 1.04. The summed E-state index contributed by atoms with van der Waals surface area (Å²) in [6, 6.07) is 16.0. The van der Waals surface area contributed by atoms with E-state index in [0.29, 0.717) is 35.9 Å². The number of imidazole rings is 1. The van der Waals surface area contributed by atoms with E-state index in [9.17, 15) is 10.1 Å². The van der Waals surface area contributed by atoms with Gasteiger partial charge in [-0.05, 0) is 5.56 Å². The smallest absolute Gasteiger partial charge is 0.269 e. The van der Waals surface area contributed by atoms with Crippen LogP contribution in [0.1, 0.15) is 5.56 Å². The average molecular weight is 376 g/mol. The lowest BCUT2D eigenvalue weighted by atomic mass is 10.1. The zero-order valence-electron chi connectivity index (χ0n) is 14.7. The number of nitrogen functional groups attached to an aromatic ring is 1. The molecule has 4 aromatic rings. The Hall–Kier alpha value is -4.01. The van der Waals surface area contributed by atoms with Gasteiger partial charge in [-0.2, -0.15) is 9.97 Å². The molecule has 0 saturated heterocycles. The Morgan fingerprint density at radius 3 is 2.50 bits per heavy atom. The first kappa shape index (κ1) is 17.4. The van der Waals surface area contributed by atoms with Crippen LogP contribution in [-0.2, 0) is 6.42 Å². The van der Waals surface area contributed by atoms with Crippen LogP contribution in [0.2, 0.25) is 0 Å². The van der Waals surface area contributed by atoms with E-state index in [4.69, 9.17) is 10.5 Å². The molecule has 0 spiro atoms. The lowest BCUT2D eigenvalue weighted by Crippen LogP contribution is -2.05. The van der Waals surface area contributed by atoms with Gasteiger partial charge >= 0.3 is 0 Å². The number of hydrogen-bond donors (Lipinski definition) is 2. The van der Waals surface area contributed by atoms with Crippen LogP contribution >= 0.6 is 0 Å². The minimum absolute atomic E-state index is 0.0563. The number of aromatic amines is 1. The first-order valence-corrected chi connectivity index (χ1v) is 8.55. The van der Waals surface area contributed by atoms with Crippen LogP contribution in [0.5, 0.6) is 5.88 Å². The lowest BCUT2D eigenvalue weighted by Gasteiger charge is -2.06. The largest absolute Gasteiger partial charge is 0.476 e. The van der Waals surface area contributed by atoms with Crippen molar-refractivity contribution in [2.24, 2.45) is 0 Å². The Bertz CT molecular complexity index is 1130. The molecule has 28 heavy (non-hydrogen) atoms. The topological polar surface area (TPSA) is 133 Å². The molecule has 0 atom stereocenters. The van der Waals surface area contributed by atoms with Crippen LogP contribution in [-0.4, -0.2) is 31.5 Å². The Morgan fingerprint density at radius 1 is 1.04 bits per heavy atom. The maximum atomic E-state index is 10.7. The van der Waals surface area contributed by atoms with Gasteiger partial charge < -0.3 is 15.5 Å². The molecule has 9 nitrogen and oxygen atoms in total. The number of rotatable bonds is 6. The second-order valence-electron chi connectivity index (χ2n) is 6.06. The fourth-order valence-corrected chi connectivity index (χ4v) is 2.77. The van der Waals surface area contributed by atoms with Crippen molar-refractivity contribution in [1.29, 1.82) is 0 Å². The highest BCUT2D eigenvalue weighted by molar-refractivity contribution is 5.81. The van der Waals surface area contributed by atoms with E-state index in [2.05, 4.69) is 19.9 Å². The number of H-pyrrole nitrogens is 1. The van der Waals surface area contributed by atoms with Gasteiger partial charge in [0.15, 0.2) is 5.65 Å². The summed E-state index contributed by atoms with van der Waals surface area (Å²) < 4.78 is 5.79. The Balaban J connectivity index is 1.53. The van der Waals surface area contributed by atoms with Crippen LogP contribution in [0.4, 0.5) is 11.6 Å². The van der Waals surface area contributed by atoms with Crippen molar-refractivity contribution in [3.8, 4) is 17.3 Å². The van der Waals surface area contributed by atoms with Gasteiger partial charge in [0.25, 0.3) is 5.69 Å². The van der Waals surface area contributed by atoms with Gasteiger partial charge in [0.05, 0.1) is 11.5 Å². The summed E-state index contributed by atoms with van der Waals surface area (Å²) in [6.07, 6.45) is 0.559. The molecule has 0 fully saturated rings. The molecule has 3 N–H and O–H groups in total. The van der Waals surface area contributed by atoms with Crippen LogP contribution in [0.15, 0.2) is 54.6 Å². The highest BCUT2D eigenvalue weighted by atomic mass is 16.6. The molecule has 2 aromatic carbocycles. The van der Waals surface area contributed by atoms with Gasteiger partial charge in [-0.3, -0.25) is 10.1 Å². The molecular formula is C19H16N6O3. The van der Waals surface area contributed by atoms with Gasteiger partial charge in [0, 0.05) is 24.1 Å². The van der Waals surface area contributed by atoms with Gasteiger partial charge in [-0.1, -0.05) is 42.5 Å². The lowest BCUT2D eigenvalue weighted by molar-refractivity contribution is -0.384. The first-order chi connectivity index (χ1) is 13.6. The molecule has 2 aromatic heterocycles. The molecule has 0 bridgehead atoms. The molecular weight excluding hydrogens is 360 g/mol. The molecule has 0 aliphatic rings. The summed E-state index contributed by atoms with van der Waals surface area (Å²) in [6.45, 7) is 0.322. The summed E-state index contributed by atoms with van der Waals surface area (Å²) >= 11 is 0. The minimum Gasteiger partial charge on any atom is -0.476 e. The number of anilines is 1. The van der Waals surface area contributed by atoms with Crippen molar-refractivity contribution in [2.45, 2.75) is 6.42 Å². The Kier molecular flexibility index (Phi) is 4.55. The van der Waals surface area contributed by atoms with E-state index >= 15 is 0 Å². The molecule has 0 amide bonds. The number of fused-ring (bicyclic) bond motifs is 1. The van der Waals surface area contributed by atoms with E-state index in [0.717, 1.165) is 11.1 Å². The monoisotopic (exact) mass is 376 g/mol. The molecule has 140 valence electrons. The second-order valence-corrected chi connectivity index (χ2v) is 6.06. The van der Waals surface area contributed by atoms with Crippen molar-refractivity contribution in [1.82, 2.24) is 19.9 Å². The predicted molar refractivity (Wildman–Crippen MR) is 104 cm³/mol. The maximum Gasteiger partial charge on any atom is 0.269 e. The van der Waals surface area contributed by atoms with Gasteiger partial charge in [-0.25, -0.2) is 4.98 Å². The van der Waals surface area contributed by atoms with Crippen LogP contribution in [0.25, 0.3) is 22.6 Å². The molecule has 4 rings (SSSR count). The van der Waals surface area contributed by atoms with Gasteiger partial charge in [0.1, 0.15) is 11.3 Å². The number of non-ortho nitro benzene ring substituents is 1. The van der Waals surface area contributed by atoms with E-state index < -0.39 is 4.92 Å². The van der Waals surface area contributed by atoms with Crippen LogP contribution in [0, 0.1) is 10.1 Å². The number of nitro benzene ring substituents is 1. The maximum absolute atomic E-state index is 10.7. The number of nitrogens with zero attached hydrogens (tertiary/aromatic N) is 4. The molecule has 0 unspecified atom stereocenters. The second kappa shape index (κ2) is 7.31. The quantitative estimate of drug-likeness (QED) is 0.390. The number of ether oxygens (including phenoxy) is 1. The standard InChI is InChI=1S/C19H16N6O3/c20-19-23-17-15(21-16(22-17)13-4-2-1-3-5-13)18(24-19)28-11-10-12-6-8-14(9-7-12)25(26)27/h1-9H,10-11H2,(H3,20,21,22,23,24). The normalized spacial score (nSPS) is 10.9. The molecule has 2 heterocycles. The summed E-state index contributed by atoms with van der Waals surface area (Å²) in [5, 5.41) is 10.7. The number of hydrogen-bond acceptors (Lipinski definition) is 7. The first-order valence-electron chi connectivity index (χ1n) is 8.55. The molecule has 0 aliphatic heterocycles. The van der Waals surface area contributed by atoms with E-state index in [1.54, 1.807) is 12.1 Å². The van der Waals surface area contributed by atoms with Crippen LogP contribution < -0.4 is 10.5 Å². The Morgan fingerprint density at radius 2 is 1.79 bits per heavy atom. The Labute approximate surface area is 159 Å². The number of nitrogens with two attached hydrogens (primary N) is 1. The van der Waals surface area contributed by atoms with Crippen LogP contribution in [0.3, 0.4) is 0 Å². The van der Waals surface area contributed by atoms with Crippen molar-refractivity contribution in [3.63, 3.8) is 0 Å².